The molecule has 0 aromatic heterocycles. The van der Waals surface area contributed by atoms with Crippen molar-refractivity contribution in [2.45, 2.75) is 30.8 Å². The number of ketones is 1. The third-order valence-electron chi connectivity index (χ3n) is 5.71. The second kappa shape index (κ2) is 10.2. The zero-order valence-corrected chi connectivity index (χ0v) is 20.5. The summed E-state index contributed by atoms with van der Waals surface area (Å²) in [6.45, 7) is 1.93. The van der Waals surface area contributed by atoms with Crippen LogP contribution in [0.5, 0.6) is 0 Å². The first-order chi connectivity index (χ1) is 16.2. The van der Waals surface area contributed by atoms with Crippen LogP contribution in [0.15, 0.2) is 42.5 Å². The van der Waals surface area contributed by atoms with Crippen molar-refractivity contribution in [3.8, 4) is 0 Å². The second-order valence-corrected chi connectivity index (χ2v) is 10.0. The molecule has 34 heavy (non-hydrogen) atoms. The van der Waals surface area contributed by atoms with E-state index in [0.29, 0.717) is 18.0 Å². The molecule has 2 fully saturated rings. The van der Waals surface area contributed by atoms with Crippen LogP contribution in [-0.2, 0) is 16.0 Å². The molecule has 4 rings (SSSR count). The van der Waals surface area contributed by atoms with Gasteiger partial charge in [0.05, 0.1) is 27.0 Å². The van der Waals surface area contributed by atoms with Gasteiger partial charge in [0, 0.05) is 18.0 Å². The number of carbonyl (C=O) groups excluding carboxylic acids is 4. The number of halogens is 2. The van der Waals surface area contributed by atoms with Gasteiger partial charge in [0.25, 0.3) is 5.91 Å². The molecular weight excluding hydrogens is 499 g/mol. The van der Waals surface area contributed by atoms with E-state index < -0.39 is 18.0 Å². The van der Waals surface area contributed by atoms with Crippen molar-refractivity contribution in [2.24, 2.45) is 0 Å². The van der Waals surface area contributed by atoms with Gasteiger partial charge >= 0.3 is 6.03 Å². The molecule has 3 atom stereocenters. The fourth-order valence-corrected chi connectivity index (χ4v) is 5.78. The van der Waals surface area contributed by atoms with Crippen molar-refractivity contribution >= 4 is 64.3 Å². The molecule has 2 unspecified atom stereocenters. The molecule has 2 aliphatic heterocycles. The molecule has 2 saturated heterocycles. The summed E-state index contributed by atoms with van der Waals surface area (Å²) in [4.78, 5) is 51.2. The Hall–Kier alpha value is -2.75. The maximum Gasteiger partial charge on any atom is 0.319 e. The number of fused-ring (bicyclic) bond motifs is 1. The first kappa shape index (κ1) is 24.4. The Kier molecular flexibility index (Phi) is 7.35. The third kappa shape index (κ3) is 5.16. The zero-order valence-electron chi connectivity index (χ0n) is 18.1. The van der Waals surface area contributed by atoms with Gasteiger partial charge in [-0.2, -0.15) is 0 Å². The summed E-state index contributed by atoms with van der Waals surface area (Å²) in [5, 5.41) is 8.73. The van der Waals surface area contributed by atoms with Gasteiger partial charge in [0.2, 0.25) is 5.91 Å². The fourth-order valence-electron chi connectivity index (χ4n) is 3.89. The molecule has 3 N–H and O–H groups in total. The van der Waals surface area contributed by atoms with Gasteiger partial charge in [-0.3, -0.25) is 19.3 Å². The van der Waals surface area contributed by atoms with E-state index in [0.717, 1.165) is 5.56 Å². The Labute approximate surface area is 210 Å². The number of urea groups is 1. The molecule has 2 aliphatic rings. The number of hydrogen-bond acceptors (Lipinski definition) is 5. The summed E-state index contributed by atoms with van der Waals surface area (Å²) in [5.74, 6) is -0.464. The number of amides is 4. The van der Waals surface area contributed by atoms with Gasteiger partial charge in [-0.25, -0.2) is 4.79 Å². The summed E-state index contributed by atoms with van der Waals surface area (Å²) >= 11 is 13.7. The van der Waals surface area contributed by atoms with Crippen LogP contribution in [0.3, 0.4) is 0 Å². The van der Waals surface area contributed by atoms with E-state index in [1.165, 1.54) is 6.92 Å². The number of hydrogen-bond donors (Lipinski definition) is 3. The van der Waals surface area contributed by atoms with E-state index >= 15 is 0 Å². The molecule has 0 saturated carbocycles. The van der Waals surface area contributed by atoms with Gasteiger partial charge < -0.3 is 16.0 Å². The Morgan fingerprint density at radius 1 is 1.15 bits per heavy atom. The molecule has 0 aliphatic carbocycles. The van der Waals surface area contributed by atoms with Crippen molar-refractivity contribution in [3.05, 3.63) is 63.6 Å². The largest absolute Gasteiger partial charge is 0.344 e. The summed E-state index contributed by atoms with van der Waals surface area (Å²) < 4.78 is 0. The van der Waals surface area contributed by atoms with E-state index in [1.54, 1.807) is 59.1 Å². The molecule has 2 aromatic rings. The number of thioether (sulfide) groups is 1. The molecule has 8 nitrogen and oxygen atoms in total. The maximum absolute atomic E-state index is 12.8. The minimum atomic E-state index is -0.732. The molecule has 2 aromatic carbocycles. The lowest BCUT2D eigenvalue weighted by molar-refractivity contribution is -0.129. The number of Topliss-reactive ketones (excluding diaryl/α,β-unsaturated/α-hetero) is 1. The highest BCUT2D eigenvalue weighted by Gasteiger charge is 2.45. The summed E-state index contributed by atoms with van der Waals surface area (Å²) in [6.07, 6.45) is 0.279. The van der Waals surface area contributed by atoms with Crippen molar-refractivity contribution in [2.75, 3.05) is 17.6 Å². The van der Waals surface area contributed by atoms with Gasteiger partial charge in [-0.05, 0) is 43.2 Å². The molecule has 0 radical (unpaired) electrons. The van der Waals surface area contributed by atoms with Gasteiger partial charge in [0.15, 0.2) is 5.78 Å². The lowest BCUT2D eigenvalue weighted by Gasteiger charge is -2.24. The minimum Gasteiger partial charge on any atom is -0.344 e. The number of anilines is 1. The van der Waals surface area contributed by atoms with E-state index in [-0.39, 0.29) is 45.1 Å². The predicted molar refractivity (Wildman–Crippen MR) is 132 cm³/mol. The first-order valence-electron chi connectivity index (χ1n) is 10.6. The highest BCUT2D eigenvalue weighted by molar-refractivity contribution is 8.00. The average molecular weight is 521 g/mol. The number of nitrogens with zero attached hydrogens (tertiary/aromatic N) is 1. The molecule has 11 heteroatoms. The van der Waals surface area contributed by atoms with E-state index in [9.17, 15) is 19.2 Å². The summed E-state index contributed by atoms with van der Waals surface area (Å²) in [6, 6.07) is 10.2. The SMILES string of the molecule is CC(=O)[C@H](Cc1ccc(NC(=O)c2c(Cl)cccc2Cl)cc1)NC(=O)C1CSC2CNC(=O)N21. The van der Waals surface area contributed by atoms with Crippen molar-refractivity contribution in [1.29, 1.82) is 0 Å². The molecule has 2 heterocycles. The molecule has 0 bridgehead atoms. The van der Waals surface area contributed by atoms with Crippen LogP contribution in [-0.4, -0.2) is 58.3 Å². The number of carbonyl (C=O) groups is 4. The standard InChI is InChI=1S/C23H22Cl2N4O4S/c1-12(30)17(28-21(31)18-11-34-19-10-26-23(33)29(18)19)9-13-5-7-14(8-6-13)27-22(32)20-15(24)3-2-4-16(20)25/h2-8,17-19H,9-11H2,1H3,(H,26,33)(H,27,32)(H,28,31)/t17-,18?,19?/m0/s1. The van der Waals surface area contributed by atoms with Crippen LogP contribution < -0.4 is 16.0 Å². The molecule has 4 amide bonds. The van der Waals surface area contributed by atoms with E-state index in [1.807, 2.05) is 0 Å². The van der Waals surface area contributed by atoms with E-state index in [4.69, 9.17) is 23.2 Å². The summed E-state index contributed by atoms with van der Waals surface area (Å²) in [7, 11) is 0. The van der Waals surface area contributed by atoms with Gasteiger partial charge in [-0.1, -0.05) is 41.4 Å². The Morgan fingerprint density at radius 3 is 2.47 bits per heavy atom. The Bertz CT molecular complexity index is 1120. The van der Waals surface area contributed by atoms with Crippen LogP contribution >= 0.6 is 35.0 Å². The summed E-state index contributed by atoms with van der Waals surface area (Å²) in [5.41, 5.74) is 1.52. The van der Waals surface area contributed by atoms with Crippen LogP contribution in [0, 0.1) is 0 Å². The molecular formula is C23H22Cl2N4O4S. The highest BCUT2D eigenvalue weighted by Crippen LogP contribution is 2.32. The smallest absolute Gasteiger partial charge is 0.319 e. The third-order valence-corrected chi connectivity index (χ3v) is 7.62. The fraction of sp³-hybridized carbons (Fsp3) is 0.304. The lowest BCUT2D eigenvalue weighted by Crippen LogP contribution is -2.52. The zero-order chi connectivity index (χ0) is 24.4. The second-order valence-electron chi connectivity index (χ2n) is 8.02. The number of benzene rings is 2. The van der Waals surface area contributed by atoms with Crippen LogP contribution in [0.2, 0.25) is 10.0 Å². The van der Waals surface area contributed by atoms with Gasteiger partial charge in [-0.15, -0.1) is 11.8 Å². The number of rotatable bonds is 7. The maximum atomic E-state index is 12.8. The monoisotopic (exact) mass is 520 g/mol. The average Bonchev–Trinajstić information content (AvgIpc) is 3.37. The van der Waals surface area contributed by atoms with Crippen LogP contribution in [0.25, 0.3) is 0 Å². The Balaban J connectivity index is 1.39. The van der Waals surface area contributed by atoms with Crippen LogP contribution in [0.4, 0.5) is 10.5 Å². The normalized spacial score (nSPS) is 19.9. The lowest BCUT2D eigenvalue weighted by atomic mass is 10.0. The quantitative estimate of drug-likeness (QED) is 0.518. The molecule has 178 valence electrons. The van der Waals surface area contributed by atoms with Crippen molar-refractivity contribution in [1.82, 2.24) is 15.5 Å². The van der Waals surface area contributed by atoms with Gasteiger partial charge in [0.1, 0.15) is 6.04 Å². The predicted octanol–water partition coefficient (Wildman–Crippen LogP) is 3.33. The van der Waals surface area contributed by atoms with Crippen molar-refractivity contribution < 1.29 is 19.2 Å². The van der Waals surface area contributed by atoms with E-state index in [2.05, 4.69) is 16.0 Å². The molecule has 0 spiro atoms. The Morgan fingerprint density at radius 2 is 1.82 bits per heavy atom. The minimum absolute atomic E-state index is 0.0533. The van der Waals surface area contributed by atoms with Crippen molar-refractivity contribution in [3.63, 3.8) is 0 Å². The van der Waals surface area contributed by atoms with Crippen LogP contribution in [0.1, 0.15) is 22.8 Å². The first-order valence-corrected chi connectivity index (χ1v) is 12.4. The number of nitrogens with one attached hydrogen (secondary N) is 3. The highest BCUT2D eigenvalue weighted by atomic mass is 35.5. The topological polar surface area (TPSA) is 108 Å².